The summed E-state index contributed by atoms with van der Waals surface area (Å²) in [7, 11) is 0. The van der Waals surface area contributed by atoms with Crippen molar-refractivity contribution < 1.29 is 23.4 Å². The van der Waals surface area contributed by atoms with Crippen molar-refractivity contribution >= 4 is 17.6 Å². The maximum atomic E-state index is 13.7. The van der Waals surface area contributed by atoms with Gasteiger partial charge in [0, 0.05) is 6.08 Å². The molecule has 114 valence electrons. The summed E-state index contributed by atoms with van der Waals surface area (Å²) in [5.41, 5.74) is -0.525. The molecular weight excluding hydrogens is 302 g/mol. The van der Waals surface area contributed by atoms with Crippen LogP contribution in [-0.4, -0.2) is 17.2 Å². The molecule has 0 aromatic heterocycles. The van der Waals surface area contributed by atoms with E-state index in [9.17, 15) is 13.6 Å². The van der Waals surface area contributed by atoms with Crippen LogP contribution >= 0.6 is 11.6 Å². The van der Waals surface area contributed by atoms with Crippen molar-refractivity contribution in [2.24, 2.45) is 17.3 Å². The highest BCUT2D eigenvalue weighted by atomic mass is 35.5. The maximum Gasteiger partial charge on any atom is 0.419 e. The van der Waals surface area contributed by atoms with Gasteiger partial charge in [-0.1, -0.05) is 43.7 Å². The first-order chi connectivity index (χ1) is 9.65. The molecule has 1 aromatic carbocycles. The fourth-order valence-electron chi connectivity index (χ4n) is 2.43. The fourth-order valence-corrected chi connectivity index (χ4v) is 2.61. The van der Waals surface area contributed by atoms with E-state index in [4.69, 9.17) is 16.7 Å². The zero-order valence-corrected chi connectivity index (χ0v) is 12.3. The minimum atomic E-state index is -3.55. The van der Waals surface area contributed by atoms with Gasteiger partial charge in [-0.25, -0.2) is 0 Å². The first-order valence-electron chi connectivity index (χ1n) is 6.38. The SMILES string of the molecule is CC1(C)C(C=CC(F)(F)Oc2ccccc2Cl)C1C(=O)O. The van der Waals surface area contributed by atoms with Crippen LogP contribution in [0.3, 0.4) is 0 Å². The molecule has 0 amide bonds. The molecule has 2 unspecified atom stereocenters. The second-order valence-corrected chi connectivity index (χ2v) is 6.02. The zero-order chi connectivity index (χ0) is 15.8. The van der Waals surface area contributed by atoms with Gasteiger partial charge in [-0.2, -0.15) is 8.78 Å². The molecule has 1 aliphatic carbocycles. The number of alkyl halides is 2. The molecule has 1 N–H and O–H groups in total. The van der Waals surface area contributed by atoms with E-state index in [1.54, 1.807) is 19.9 Å². The largest absolute Gasteiger partial charge is 0.481 e. The van der Waals surface area contributed by atoms with Crippen LogP contribution < -0.4 is 4.74 Å². The van der Waals surface area contributed by atoms with Gasteiger partial charge in [-0.05, 0) is 23.5 Å². The fraction of sp³-hybridized carbons (Fsp3) is 0.400. The number of aliphatic carboxylic acids is 1. The van der Waals surface area contributed by atoms with Crippen molar-refractivity contribution in [3.63, 3.8) is 0 Å². The molecule has 0 spiro atoms. The monoisotopic (exact) mass is 316 g/mol. The predicted molar refractivity (Wildman–Crippen MR) is 74.6 cm³/mol. The van der Waals surface area contributed by atoms with Crippen LogP contribution in [-0.2, 0) is 4.79 Å². The number of rotatable bonds is 5. The normalized spacial score (nSPS) is 24.0. The first-order valence-corrected chi connectivity index (χ1v) is 6.76. The van der Waals surface area contributed by atoms with E-state index < -0.39 is 29.3 Å². The van der Waals surface area contributed by atoms with E-state index in [-0.39, 0.29) is 10.8 Å². The van der Waals surface area contributed by atoms with Gasteiger partial charge in [0.05, 0.1) is 10.9 Å². The summed E-state index contributed by atoms with van der Waals surface area (Å²) < 4.78 is 32.1. The summed E-state index contributed by atoms with van der Waals surface area (Å²) in [6.07, 6.45) is -1.76. The number of para-hydroxylation sites is 1. The van der Waals surface area contributed by atoms with Crippen LogP contribution in [0.25, 0.3) is 0 Å². The average molecular weight is 317 g/mol. The standard InChI is InChI=1S/C15H15ClF2O3/c1-14(2)9(12(14)13(19)20)7-8-15(17,18)21-11-6-4-3-5-10(11)16/h3-9,12H,1-2H3,(H,19,20). The van der Waals surface area contributed by atoms with E-state index in [0.717, 1.165) is 0 Å². The van der Waals surface area contributed by atoms with Crippen molar-refractivity contribution in [2.45, 2.75) is 20.0 Å². The molecule has 2 atom stereocenters. The Kier molecular flexibility index (Phi) is 3.97. The number of hydrogen-bond acceptors (Lipinski definition) is 2. The van der Waals surface area contributed by atoms with Crippen molar-refractivity contribution in [3.05, 3.63) is 41.4 Å². The van der Waals surface area contributed by atoms with Crippen LogP contribution in [0.2, 0.25) is 5.02 Å². The van der Waals surface area contributed by atoms with Gasteiger partial charge in [0.1, 0.15) is 5.75 Å². The molecule has 21 heavy (non-hydrogen) atoms. The molecule has 2 rings (SSSR count). The van der Waals surface area contributed by atoms with Crippen LogP contribution in [0.4, 0.5) is 8.78 Å². The number of carboxylic acid groups (broad SMARTS) is 1. The summed E-state index contributed by atoms with van der Waals surface area (Å²) in [4.78, 5) is 11.0. The number of carbonyl (C=O) groups is 1. The highest BCUT2D eigenvalue weighted by molar-refractivity contribution is 6.32. The Morgan fingerprint density at radius 1 is 1.43 bits per heavy atom. The molecule has 1 saturated carbocycles. The molecule has 0 aliphatic heterocycles. The molecule has 1 aliphatic rings. The number of ether oxygens (including phenoxy) is 1. The lowest BCUT2D eigenvalue weighted by atomic mass is 10.1. The lowest BCUT2D eigenvalue weighted by Gasteiger charge is -2.15. The first kappa shape index (κ1) is 15.8. The highest BCUT2D eigenvalue weighted by Gasteiger charge is 2.61. The van der Waals surface area contributed by atoms with Gasteiger partial charge >= 0.3 is 12.1 Å². The van der Waals surface area contributed by atoms with E-state index >= 15 is 0 Å². The molecule has 3 nitrogen and oxygen atoms in total. The summed E-state index contributed by atoms with van der Waals surface area (Å²) >= 11 is 5.76. The second-order valence-electron chi connectivity index (χ2n) is 5.62. The third-order valence-electron chi connectivity index (χ3n) is 3.76. The number of hydrogen-bond donors (Lipinski definition) is 1. The summed E-state index contributed by atoms with van der Waals surface area (Å²) in [5.74, 6) is -2.19. The molecule has 0 bridgehead atoms. The highest BCUT2D eigenvalue weighted by Crippen LogP contribution is 2.59. The Labute approximate surface area is 126 Å². The third-order valence-corrected chi connectivity index (χ3v) is 4.07. The Morgan fingerprint density at radius 2 is 2.05 bits per heavy atom. The van der Waals surface area contributed by atoms with E-state index in [0.29, 0.717) is 6.08 Å². The average Bonchev–Trinajstić information content (AvgIpc) is 2.92. The Hall–Kier alpha value is -1.62. The van der Waals surface area contributed by atoms with Gasteiger partial charge in [-0.3, -0.25) is 4.79 Å². The van der Waals surface area contributed by atoms with Crippen LogP contribution in [0.5, 0.6) is 5.75 Å². The third kappa shape index (κ3) is 3.35. The van der Waals surface area contributed by atoms with E-state index in [2.05, 4.69) is 4.74 Å². The summed E-state index contributed by atoms with van der Waals surface area (Å²) in [6, 6.07) is 5.92. The van der Waals surface area contributed by atoms with Crippen molar-refractivity contribution in [2.75, 3.05) is 0 Å². The molecule has 1 fully saturated rings. The number of halogens is 3. The van der Waals surface area contributed by atoms with Crippen LogP contribution in [0.1, 0.15) is 13.8 Å². The Morgan fingerprint density at radius 3 is 2.57 bits per heavy atom. The quantitative estimate of drug-likeness (QED) is 0.827. The van der Waals surface area contributed by atoms with Crippen LogP contribution in [0, 0.1) is 17.3 Å². The van der Waals surface area contributed by atoms with E-state index in [1.807, 2.05) is 0 Å². The lowest BCUT2D eigenvalue weighted by Crippen LogP contribution is -2.21. The Balaban J connectivity index is 2.07. The lowest BCUT2D eigenvalue weighted by molar-refractivity contribution is -0.139. The summed E-state index contributed by atoms with van der Waals surface area (Å²) in [5, 5.41) is 9.07. The van der Waals surface area contributed by atoms with Crippen LogP contribution in [0.15, 0.2) is 36.4 Å². The van der Waals surface area contributed by atoms with E-state index in [1.165, 1.54) is 24.3 Å². The number of allylic oxidation sites excluding steroid dienone is 1. The van der Waals surface area contributed by atoms with Gasteiger partial charge in [0.25, 0.3) is 0 Å². The molecule has 0 saturated heterocycles. The summed E-state index contributed by atoms with van der Waals surface area (Å²) in [6.45, 7) is 3.46. The minimum absolute atomic E-state index is 0.0840. The van der Waals surface area contributed by atoms with Gasteiger partial charge in [0.15, 0.2) is 0 Å². The van der Waals surface area contributed by atoms with Crippen molar-refractivity contribution in [1.82, 2.24) is 0 Å². The smallest absolute Gasteiger partial charge is 0.419 e. The maximum absolute atomic E-state index is 13.7. The number of carboxylic acids is 1. The second kappa shape index (κ2) is 5.30. The predicted octanol–water partition coefficient (Wildman–Crippen LogP) is 4.22. The molecule has 6 heteroatoms. The zero-order valence-electron chi connectivity index (χ0n) is 11.5. The van der Waals surface area contributed by atoms with Crippen molar-refractivity contribution in [1.29, 1.82) is 0 Å². The molecule has 0 heterocycles. The van der Waals surface area contributed by atoms with Gasteiger partial charge in [-0.15, -0.1) is 0 Å². The number of benzene rings is 1. The molecular formula is C15H15ClF2O3. The Bertz CT molecular complexity index is 584. The minimum Gasteiger partial charge on any atom is -0.481 e. The van der Waals surface area contributed by atoms with Gasteiger partial charge < -0.3 is 9.84 Å². The topological polar surface area (TPSA) is 46.5 Å². The molecule has 1 aromatic rings. The molecule has 0 radical (unpaired) electrons. The van der Waals surface area contributed by atoms with Crippen molar-refractivity contribution in [3.8, 4) is 5.75 Å². The van der Waals surface area contributed by atoms with Gasteiger partial charge in [0.2, 0.25) is 0 Å².